The van der Waals surface area contributed by atoms with E-state index in [4.69, 9.17) is 4.74 Å². The number of benzene rings is 2. The Bertz CT molecular complexity index is 1300. The first kappa shape index (κ1) is 23.0. The number of carbonyl (C=O) groups excluding carboxylic acids is 3. The summed E-state index contributed by atoms with van der Waals surface area (Å²) in [7, 11) is 0. The minimum absolute atomic E-state index is 0.00557. The highest BCUT2D eigenvalue weighted by Gasteiger charge is 2.67. The summed E-state index contributed by atoms with van der Waals surface area (Å²) in [6, 6.07) is 10.9. The van der Waals surface area contributed by atoms with Crippen LogP contribution in [0.1, 0.15) is 29.5 Å². The molecule has 0 bridgehead atoms. The molecule has 0 unspecified atom stereocenters. The van der Waals surface area contributed by atoms with E-state index in [1.807, 2.05) is 0 Å². The number of para-hydroxylation sites is 1. The van der Waals surface area contributed by atoms with E-state index in [1.54, 1.807) is 37.3 Å². The molecule has 0 saturated carbocycles. The third kappa shape index (κ3) is 3.24. The summed E-state index contributed by atoms with van der Waals surface area (Å²) < 4.78 is 20.1. The lowest BCUT2D eigenvalue weighted by Gasteiger charge is -2.35. The van der Waals surface area contributed by atoms with Crippen LogP contribution in [-0.2, 0) is 24.7 Å². The van der Waals surface area contributed by atoms with Gasteiger partial charge in [-0.15, -0.1) is 6.58 Å². The van der Waals surface area contributed by atoms with E-state index >= 15 is 0 Å². The zero-order valence-corrected chi connectivity index (χ0v) is 19.3. The number of hydrogen-bond acceptors (Lipinski definition) is 5. The Hall–Kier alpha value is -3.78. The van der Waals surface area contributed by atoms with Gasteiger partial charge < -0.3 is 19.6 Å². The molecule has 1 spiro atoms. The fourth-order valence-corrected chi connectivity index (χ4v) is 5.30. The van der Waals surface area contributed by atoms with Crippen molar-refractivity contribution in [3.8, 4) is 0 Å². The summed E-state index contributed by atoms with van der Waals surface area (Å²) in [6.07, 6.45) is 2.68. The standard InChI is InChI=1S/C27H25FN2O5/c1-3-12-29-21-9-5-4-8-19(21)27(26(29)34)22(23(31)17-11-10-16(2)20(28)14-17)24(32)25(33)30(27)15-18-7-6-13-35-18/h3-5,8-11,14,18,31H,1,6-7,12-13,15H2,2H3/t18-,27+/m0/s1. The van der Waals surface area contributed by atoms with Crippen LogP contribution in [0.3, 0.4) is 0 Å². The molecular weight excluding hydrogens is 451 g/mol. The number of ether oxygens (including phenoxy) is 1. The Morgan fingerprint density at radius 1 is 1.26 bits per heavy atom. The van der Waals surface area contributed by atoms with Crippen molar-refractivity contribution in [2.24, 2.45) is 0 Å². The minimum Gasteiger partial charge on any atom is -0.507 e. The molecule has 3 heterocycles. The molecule has 8 heteroatoms. The van der Waals surface area contributed by atoms with Gasteiger partial charge in [0.05, 0.1) is 17.4 Å². The van der Waals surface area contributed by atoms with Crippen molar-refractivity contribution >= 4 is 29.0 Å². The number of ketones is 1. The number of rotatable bonds is 5. The van der Waals surface area contributed by atoms with Crippen molar-refractivity contribution in [3.05, 3.63) is 83.2 Å². The molecule has 0 aromatic heterocycles. The van der Waals surface area contributed by atoms with Crippen LogP contribution in [0.2, 0.25) is 0 Å². The SMILES string of the molecule is C=CCN1C(=O)[C@]2(C(=C(O)c3ccc(C)c(F)c3)C(=O)C(=O)N2C[C@@H]2CCCO2)c2ccccc21. The molecule has 1 N–H and O–H groups in total. The Labute approximate surface area is 202 Å². The number of carbonyl (C=O) groups is 3. The summed E-state index contributed by atoms with van der Waals surface area (Å²) in [5.74, 6) is -3.63. The largest absolute Gasteiger partial charge is 0.507 e. The second-order valence-electron chi connectivity index (χ2n) is 9.00. The van der Waals surface area contributed by atoms with E-state index in [1.165, 1.54) is 21.9 Å². The van der Waals surface area contributed by atoms with E-state index in [0.717, 1.165) is 12.5 Å². The van der Waals surface area contributed by atoms with Crippen LogP contribution in [0.5, 0.6) is 0 Å². The second kappa shape index (κ2) is 8.46. The highest BCUT2D eigenvalue weighted by molar-refractivity contribution is 6.50. The number of hydrogen-bond donors (Lipinski definition) is 1. The number of aliphatic hydroxyl groups excluding tert-OH is 1. The van der Waals surface area contributed by atoms with Crippen molar-refractivity contribution in [1.82, 2.24) is 4.90 Å². The Kier molecular flexibility index (Phi) is 5.56. The van der Waals surface area contributed by atoms with Crippen LogP contribution in [-0.4, -0.2) is 53.4 Å². The molecule has 2 fully saturated rings. The van der Waals surface area contributed by atoms with Crippen molar-refractivity contribution in [1.29, 1.82) is 0 Å². The van der Waals surface area contributed by atoms with Gasteiger partial charge in [-0.1, -0.05) is 36.4 Å². The van der Waals surface area contributed by atoms with E-state index < -0.39 is 34.7 Å². The maximum atomic E-state index is 14.4. The lowest BCUT2D eigenvalue weighted by molar-refractivity contribution is -0.145. The summed E-state index contributed by atoms with van der Waals surface area (Å²) in [4.78, 5) is 43.8. The van der Waals surface area contributed by atoms with Crippen LogP contribution < -0.4 is 4.90 Å². The summed E-state index contributed by atoms with van der Waals surface area (Å²) in [6.45, 7) is 5.98. The normalized spacial score (nSPS) is 25.1. The number of aliphatic hydroxyl groups is 1. The van der Waals surface area contributed by atoms with Gasteiger partial charge in [0.2, 0.25) is 0 Å². The summed E-state index contributed by atoms with van der Waals surface area (Å²) in [5.41, 5.74) is -0.987. The van der Waals surface area contributed by atoms with E-state index in [9.17, 15) is 23.9 Å². The van der Waals surface area contributed by atoms with Gasteiger partial charge >= 0.3 is 0 Å². The number of Topliss-reactive ketones (excluding diaryl/α,β-unsaturated/α-hetero) is 1. The monoisotopic (exact) mass is 476 g/mol. The number of anilines is 1. The van der Waals surface area contributed by atoms with Crippen LogP contribution in [0.25, 0.3) is 5.76 Å². The highest BCUT2D eigenvalue weighted by Crippen LogP contribution is 2.53. The summed E-state index contributed by atoms with van der Waals surface area (Å²) in [5, 5.41) is 11.4. The quantitative estimate of drug-likeness (QED) is 0.309. The maximum absolute atomic E-state index is 14.4. The van der Waals surface area contributed by atoms with Crippen LogP contribution in [0.15, 0.2) is 60.7 Å². The molecule has 0 radical (unpaired) electrons. The lowest BCUT2D eigenvalue weighted by atomic mass is 9.81. The van der Waals surface area contributed by atoms with Gasteiger partial charge in [0.15, 0.2) is 5.54 Å². The Balaban J connectivity index is 1.80. The molecule has 3 aliphatic heterocycles. The van der Waals surface area contributed by atoms with Crippen LogP contribution in [0, 0.1) is 12.7 Å². The highest BCUT2D eigenvalue weighted by atomic mass is 19.1. The van der Waals surface area contributed by atoms with Gasteiger partial charge in [0, 0.05) is 30.8 Å². The smallest absolute Gasteiger partial charge is 0.296 e. The third-order valence-electron chi connectivity index (χ3n) is 6.98. The summed E-state index contributed by atoms with van der Waals surface area (Å²) >= 11 is 0. The van der Waals surface area contributed by atoms with Crippen molar-refractivity contribution in [3.63, 3.8) is 0 Å². The van der Waals surface area contributed by atoms with Crippen LogP contribution in [0.4, 0.5) is 10.1 Å². The third-order valence-corrected chi connectivity index (χ3v) is 6.98. The molecule has 2 aromatic carbocycles. The van der Waals surface area contributed by atoms with Gasteiger partial charge in [-0.05, 0) is 37.5 Å². The minimum atomic E-state index is -1.90. The molecule has 5 rings (SSSR count). The fourth-order valence-electron chi connectivity index (χ4n) is 5.30. The Morgan fingerprint density at radius 3 is 2.71 bits per heavy atom. The first-order valence-corrected chi connectivity index (χ1v) is 11.5. The van der Waals surface area contributed by atoms with Gasteiger partial charge in [-0.2, -0.15) is 0 Å². The van der Waals surface area contributed by atoms with Crippen molar-refractivity contribution < 1.29 is 28.6 Å². The maximum Gasteiger partial charge on any atom is 0.296 e. The predicted octanol–water partition coefficient (Wildman–Crippen LogP) is 3.42. The number of aryl methyl sites for hydroxylation is 1. The van der Waals surface area contributed by atoms with Gasteiger partial charge in [0.1, 0.15) is 11.6 Å². The number of amides is 2. The lowest BCUT2D eigenvalue weighted by Crippen LogP contribution is -2.53. The van der Waals surface area contributed by atoms with Gasteiger partial charge in [-0.25, -0.2) is 4.39 Å². The van der Waals surface area contributed by atoms with E-state index in [-0.39, 0.29) is 30.3 Å². The van der Waals surface area contributed by atoms with Crippen molar-refractivity contribution in [2.45, 2.75) is 31.4 Å². The number of fused-ring (bicyclic) bond motifs is 2. The Morgan fingerprint density at radius 2 is 2.03 bits per heavy atom. The zero-order chi connectivity index (χ0) is 24.9. The molecule has 2 atom stereocenters. The van der Waals surface area contributed by atoms with Crippen molar-refractivity contribution in [2.75, 3.05) is 24.6 Å². The first-order valence-electron chi connectivity index (χ1n) is 11.5. The number of nitrogens with zero attached hydrogens (tertiary/aromatic N) is 2. The van der Waals surface area contributed by atoms with Gasteiger partial charge in [-0.3, -0.25) is 14.4 Å². The first-order chi connectivity index (χ1) is 16.8. The average Bonchev–Trinajstić information content (AvgIpc) is 3.51. The van der Waals surface area contributed by atoms with E-state index in [2.05, 4.69) is 6.58 Å². The molecular formula is C27H25FN2O5. The predicted molar refractivity (Wildman–Crippen MR) is 127 cm³/mol. The average molecular weight is 477 g/mol. The van der Waals surface area contributed by atoms with Crippen LogP contribution >= 0.6 is 0 Å². The molecule has 7 nitrogen and oxygen atoms in total. The zero-order valence-electron chi connectivity index (χ0n) is 19.3. The second-order valence-corrected chi connectivity index (χ2v) is 9.00. The topological polar surface area (TPSA) is 87.2 Å². The molecule has 35 heavy (non-hydrogen) atoms. The molecule has 2 amide bonds. The molecule has 2 saturated heterocycles. The fraction of sp³-hybridized carbons (Fsp3) is 0.296. The molecule has 0 aliphatic carbocycles. The van der Waals surface area contributed by atoms with E-state index in [0.29, 0.717) is 29.8 Å². The van der Waals surface area contributed by atoms with Gasteiger partial charge in [0.25, 0.3) is 17.6 Å². The molecule has 180 valence electrons. The number of halogens is 1. The molecule has 3 aliphatic rings. The molecule has 2 aromatic rings. The number of likely N-dealkylation sites (tertiary alicyclic amines) is 1.